The smallest absolute Gasteiger partial charge is 0.130 e. The van der Waals surface area contributed by atoms with Crippen molar-refractivity contribution in [1.82, 2.24) is 10.3 Å². The maximum Gasteiger partial charge on any atom is 0.130 e. The van der Waals surface area contributed by atoms with Crippen LogP contribution in [0.3, 0.4) is 0 Å². The minimum atomic E-state index is 0.359. The molecule has 1 aromatic carbocycles. The van der Waals surface area contributed by atoms with Crippen molar-refractivity contribution >= 4 is 11.6 Å². The third-order valence-electron chi connectivity index (χ3n) is 3.29. The molecule has 0 spiro atoms. The molecule has 0 radical (unpaired) electrons. The summed E-state index contributed by atoms with van der Waals surface area (Å²) < 4.78 is 6.02. The largest absolute Gasteiger partial charge is 0.457 e. The van der Waals surface area contributed by atoms with Gasteiger partial charge in [-0.1, -0.05) is 25.4 Å². The lowest BCUT2D eigenvalue weighted by Gasteiger charge is -2.14. The van der Waals surface area contributed by atoms with Crippen LogP contribution < -0.4 is 10.1 Å². The van der Waals surface area contributed by atoms with Gasteiger partial charge in [0.2, 0.25) is 0 Å². The van der Waals surface area contributed by atoms with Gasteiger partial charge in [0.1, 0.15) is 11.5 Å². The molecular weight excluding hydrogens is 284 g/mol. The van der Waals surface area contributed by atoms with Gasteiger partial charge < -0.3 is 10.1 Å². The van der Waals surface area contributed by atoms with Crippen LogP contribution in [0.5, 0.6) is 11.5 Å². The van der Waals surface area contributed by atoms with Crippen LogP contribution >= 0.6 is 11.6 Å². The van der Waals surface area contributed by atoms with Gasteiger partial charge in [-0.25, -0.2) is 0 Å². The molecule has 2 rings (SSSR count). The Morgan fingerprint density at radius 1 is 1.29 bits per heavy atom. The highest BCUT2D eigenvalue weighted by Gasteiger charge is 2.11. The minimum absolute atomic E-state index is 0.359. The second-order valence-corrected chi connectivity index (χ2v) is 5.82. The van der Waals surface area contributed by atoms with Crippen LogP contribution in [0.25, 0.3) is 0 Å². The van der Waals surface area contributed by atoms with Gasteiger partial charge in [0.05, 0.1) is 5.69 Å². The quantitative estimate of drug-likeness (QED) is 0.871. The standard InChI is InChI=1S/C17H21ClN2O/c1-11(2)15-9-17(12(3)7-16(15)18)21-14-5-6-20-13(8-14)10-19-4/h5-9,11,19H,10H2,1-4H3. The summed E-state index contributed by atoms with van der Waals surface area (Å²) in [6.45, 7) is 6.96. The zero-order valence-electron chi connectivity index (χ0n) is 12.9. The second kappa shape index (κ2) is 6.92. The first-order valence-corrected chi connectivity index (χ1v) is 7.46. The first-order chi connectivity index (χ1) is 10.0. The van der Waals surface area contributed by atoms with Crippen molar-refractivity contribution < 1.29 is 4.74 Å². The highest BCUT2D eigenvalue weighted by Crippen LogP contribution is 2.33. The monoisotopic (exact) mass is 304 g/mol. The van der Waals surface area contributed by atoms with Gasteiger partial charge in [-0.3, -0.25) is 4.98 Å². The number of hydrogen-bond acceptors (Lipinski definition) is 3. The Kier molecular flexibility index (Phi) is 5.21. The van der Waals surface area contributed by atoms with Crippen LogP contribution in [0.2, 0.25) is 5.02 Å². The molecule has 0 aliphatic carbocycles. The molecule has 21 heavy (non-hydrogen) atoms. The topological polar surface area (TPSA) is 34.1 Å². The van der Waals surface area contributed by atoms with Crippen molar-refractivity contribution in [2.75, 3.05) is 7.05 Å². The summed E-state index contributed by atoms with van der Waals surface area (Å²) in [5, 5.41) is 3.87. The third-order valence-corrected chi connectivity index (χ3v) is 3.62. The van der Waals surface area contributed by atoms with Crippen molar-refractivity contribution in [2.45, 2.75) is 33.2 Å². The lowest BCUT2D eigenvalue weighted by atomic mass is 10.0. The van der Waals surface area contributed by atoms with E-state index in [2.05, 4.69) is 24.1 Å². The Morgan fingerprint density at radius 2 is 2.05 bits per heavy atom. The average molecular weight is 305 g/mol. The Balaban J connectivity index is 2.30. The molecule has 3 nitrogen and oxygen atoms in total. The highest BCUT2D eigenvalue weighted by atomic mass is 35.5. The molecule has 0 atom stereocenters. The summed E-state index contributed by atoms with van der Waals surface area (Å²) in [4.78, 5) is 4.29. The number of aryl methyl sites for hydroxylation is 1. The van der Waals surface area contributed by atoms with Gasteiger partial charge in [-0.15, -0.1) is 0 Å². The molecule has 0 amide bonds. The molecule has 4 heteroatoms. The van der Waals surface area contributed by atoms with Gasteiger partial charge in [0, 0.05) is 23.8 Å². The number of hydrogen-bond donors (Lipinski definition) is 1. The lowest BCUT2D eigenvalue weighted by molar-refractivity contribution is 0.475. The molecular formula is C17H21ClN2O. The highest BCUT2D eigenvalue weighted by molar-refractivity contribution is 6.31. The van der Waals surface area contributed by atoms with Crippen molar-refractivity contribution in [1.29, 1.82) is 0 Å². The summed E-state index contributed by atoms with van der Waals surface area (Å²) in [6.07, 6.45) is 1.76. The summed E-state index contributed by atoms with van der Waals surface area (Å²) in [7, 11) is 1.90. The van der Waals surface area contributed by atoms with E-state index in [1.807, 2.05) is 38.2 Å². The first kappa shape index (κ1) is 15.8. The number of nitrogens with one attached hydrogen (secondary N) is 1. The Bertz CT molecular complexity index is 626. The average Bonchev–Trinajstić information content (AvgIpc) is 2.42. The molecule has 112 valence electrons. The predicted molar refractivity (Wildman–Crippen MR) is 87.4 cm³/mol. The van der Waals surface area contributed by atoms with E-state index in [0.29, 0.717) is 12.5 Å². The lowest BCUT2D eigenvalue weighted by Crippen LogP contribution is -2.06. The molecule has 0 aliphatic heterocycles. The maximum absolute atomic E-state index is 6.29. The summed E-state index contributed by atoms with van der Waals surface area (Å²) in [6, 6.07) is 7.80. The Labute approximate surface area is 131 Å². The molecule has 0 saturated heterocycles. The molecule has 0 bridgehead atoms. The fourth-order valence-electron chi connectivity index (χ4n) is 2.15. The molecule has 0 unspecified atom stereocenters. The SMILES string of the molecule is CNCc1cc(Oc2cc(C(C)C)c(Cl)cc2C)ccn1. The summed E-state index contributed by atoms with van der Waals surface area (Å²) >= 11 is 6.29. The number of ether oxygens (including phenoxy) is 1. The van der Waals surface area contributed by atoms with Crippen molar-refractivity contribution in [3.8, 4) is 11.5 Å². The van der Waals surface area contributed by atoms with Crippen LogP contribution in [-0.4, -0.2) is 12.0 Å². The van der Waals surface area contributed by atoms with E-state index in [-0.39, 0.29) is 0 Å². The van der Waals surface area contributed by atoms with E-state index in [0.717, 1.165) is 33.3 Å². The summed E-state index contributed by atoms with van der Waals surface area (Å²) in [5.41, 5.74) is 3.07. The maximum atomic E-state index is 6.29. The van der Waals surface area contributed by atoms with Crippen LogP contribution in [0.4, 0.5) is 0 Å². The Morgan fingerprint density at radius 3 is 2.71 bits per heavy atom. The van der Waals surface area contributed by atoms with Crippen LogP contribution in [0, 0.1) is 6.92 Å². The predicted octanol–water partition coefficient (Wildman–Crippen LogP) is 4.68. The minimum Gasteiger partial charge on any atom is -0.457 e. The van der Waals surface area contributed by atoms with Gasteiger partial charge in [-0.2, -0.15) is 0 Å². The van der Waals surface area contributed by atoms with E-state index in [9.17, 15) is 0 Å². The van der Waals surface area contributed by atoms with E-state index >= 15 is 0 Å². The van der Waals surface area contributed by atoms with Gasteiger partial charge in [0.25, 0.3) is 0 Å². The number of nitrogens with zero attached hydrogens (tertiary/aromatic N) is 1. The molecule has 1 N–H and O–H groups in total. The van der Waals surface area contributed by atoms with E-state index in [4.69, 9.17) is 16.3 Å². The van der Waals surface area contributed by atoms with Crippen LogP contribution in [0.15, 0.2) is 30.5 Å². The fourth-order valence-corrected chi connectivity index (χ4v) is 2.58. The zero-order chi connectivity index (χ0) is 15.4. The Hall–Kier alpha value is -1.58. The number of halogens is 1. The molecule has 0 aliphatic rings. The fraction of sp³-hybridized carbons (Fsp3) is 0.353. The normalized spacial score (nSPS) is 11.0. The number of rotatable bonds is 5. The summed E-state index contributed by atoms with van der Waals surface area (Å²) in [5.74, 6) is 1.98. The number of aromatic nitrogens is 1. The van der Waals surface area contributed by atoms with Gasteiger partial charge in [0.15, 0.2) is 0 Å². The van der Waals surface area contributed by atoms with Crippen molar-refractivity contribution in [2.24, 2.45) is 0 Å². The number of pyridine rings is 1. The molecule has 1 aromatic heterocycles. The van der Waals surface area contributed by atoms with E-state index in [1.54, 1.807) is 6.20 Å². The van der Waals surface area contributed by atoms with Crippen LogP contribution in [0.1, 0.15) is 36.6 Å². The van der Waals surface area contributed by atoms with Crippen molar-refractivity contribution in [3.63, 3.8) is 0 Å². The zero-order valence-corrected chi connectivity index (χ0v) is 13.7. The van der Waals surface area contributed by atoms with Crippen molar-refractivity contribution in [3.05, 3.63) is 52.3 Å². The van der Waals surface area contributed by atoms with Crippen LogP contribution in [-0.2, 0) is 6.54 Å². The van der Waals surface area contributed by atoms with E-state index in [1.165, 1.54) is 0 Å². The first-order valence-electron chi connectivity index (χ1n) is 7.08. The molecule has 0 fully saturated rings. The molecule has 0 saturated carbocycles. The molecule has 1 heterocycles. The van der Waals surface area contributed by atoms with E-state index < -0.39 is 0 Å². The van der Waals surface area contributed by atoms with Gasteiger partial charge in [-0.05, 0) is 49.2 Å². The number of benzene rings is 1. The second-order valence-electron chi connectivity index (χ2n) is 5.41. The third kappa shape index (κ3) is 3.96. The molecule has 2 aromatic rings. The van der Waals surface area contributed by atoms with Gasteiger partial charge >= 0.3 is 0 Å².